The minimum Gasteiger partial charge on any atom is -0.476 e. The van der Waals surface area contributed by atoms with Gasteiger partial charge in [-0.1, -0.05) is 13.8 Å². The second-order valence-corrected chi connectivity index (χ2v) is 5.12. The van der Waals surface area contributed by atoms with Gasteiger partial charge in [0.15, 0.2) is 5.69 Å². The van der Waals surface area contributed by atoms with Crippen LogP contribution >= 0.6 is 0 Å². The number of nitrogens with zero attached hydrogens (tertiary/aromatic N) is 3. The van der Waals surface area contributed by atoms with Crippen LogP contribution in [-0.2, 0) is 6.54 Å². The van der Waals surface area contributed by atoms with Crippen LogP contribution < -0.4 is 0 Å². The van der Waals surface area contributed by atoms with Crippen LogP contribution in [0.5, 0.6) is 0 Å². The predicted octanol–water partition coefficient (Wildman–Crippen LogP) is 2.54. The molecule has 1 aliphatic heterocycles. The average molecular weight is 265 g/mol. The number of carboxylic acid groups (broad SMARTS) is 1. The third kappa shape index (κ3) is 2.97. The van der Waals surface area contributed by atoms with Gasteiger partial charge in [-0.2, -0.15) is 5.10 Å². The van der Waals surface area contributed by atoms with Crippen LogP contribution in [-0.4, -0.2) is 38.8 Å². The lowest BCUT2D eigenvalue weighted by molar-refractivity contribution is 0.0689. The second-order valence-electron chi connectivity index (χ2n) is 5.12. The number of carbonyl (C=O) groups is 1. The molecule has 2 heterocycles. The van der Waals surface area contributed by atoms with E-state index in [0.717, 1.165) is 44.6 Å². The van der Waals surface area contributed by atoms with Crippen LogP contribution in [0.4, 0.5) is 0 Å². The van der Waals surface area contributed by atoms with E-state index in [1.54, 1.807) is 6.07 Å². The molecule has 0 aliphatic carbocycles. The first-order chi connectivity index (χ1) is 9.17. The van der Waals surface area contributed by atoms with E-state index >= 15 is 0 Å². The van der Waals surface area contributed by atoms with Crippen molar-refractivity contribution < 1.29 is 9.90 Å². The molecule has 0 bridgehead atoms. The Kier molecular flexibility index (Phi) is 4.58. The minimum absolute atomic E-state index is 0.175. The molecule has 1 N–H and O–H groups in total. The largest absolute Gasteiger partial charge is 0.476 e. The molecule has 5 nitrogen and oxygen atoms in total. The van der Waals surface area contributed by atoms with E-state index in [2.05, 4.69) is 23.8 Å². The normalized spacial score (nSPS) is 19.2. The summed E-state index contributed by atoms with van der Waals surface area (Å²) in [5, 5.41) is 13.3. The van der Waals surface area contributed by atoms with Crippen LogP contribution in [0.25, 0.3) is 0 Å². The number of rotatable bonds is 5. The van der Waals surface area contributed by atoms with Gasteiger partial charge in [0.05, 0.1) is 11.7 Å². The first kappa shape index (κ1) is 14.1. The summed E-state index contributed by atoms with van der Waals surface area (Å²) in [6, 6.07) is 2.07. The Morgan fingerprint density at radius 1 is 1.53 bits per heavy atom. The fourth-order valence-electron chi connectivity index (χ4n) is 2.92. The highest BCUT2D eigenvalue weighted by atomic mass is 16.4. The van der Waals surface area contributed by atoms with Crippen molar-refractivity contribution in [1.29, 1.82) is 0 Å². The van der Waals surface area contributed by atoms with Crippen molar-refractivity contribution in [2.45, 2.75) is 52.1 Å². The van der Waals surface area contributed by atoms with Crippen LogP contribution in [0.1, 0.15) is 61.8 Å². The maximum absolute atomic E-state index is 11.1. The summed E-state index contributed by atoms with van der Waals surface area (Å²) in [5.74, 6) is -0.933. The van der Waals surface area contributed by atoms with Gasteiger partial charge < -0.3 is 5.11 Å². The zero-order chi connectivity index (χ0) is 13.8. The van der Waals surface area contributed by atoms with Crippen molar-refractivity contribution in [3.05, 3.63) is 17.5 Å². The Labute approximate surface area is 114 Å². The van der Waals surface area contributed by atoms with Crippen molar-refractivity contribution in [1.82, 2.24) is 14.7 Å². The van der Waals surface area contributed by atoms with Crippen molar-refractivity contribution in [2.75, 3.05) is 13.1 Å². The Morgan fingerprint density at radius 2 is 2.32 bits per heavy atom. The van der Waals surface area contributed by atoms with E-state index in [1.807, 2.05) is 4.68 Å². The Balaban J connectivity index is 2.32. The van der Waals surface area contributed by atoms with Gasteiger partial charge in [0.2, 0.25) is 0 Å². The highest BCUT2D eigenvalue weighted by Gasteiger charge is 2.26. The summed E-state index contributed by atoms with van der Waals surface area (Å²) in [5.41, 5.74) is 1.25. The van der Waals surface area contributed by atoms with Crippen LogP contribution in [0.15, 0.2) is 6.07 Å². The first-order valence-corrected chi connectivity index (χ1v) is 7.22. The molecule has 0 spiro atoms. The maximum atomic E-state index is 11.1. The molecule has 0 amide bonds. The van der Waals surface area contributed by atoms with Gasteiger partial charge in [0.1, 0.15) is 0 Å². The number of aromatic carboxylic acids is 1. The van der Waals surface area contributed by atoms with Crippen molar-refractivity contribution >= 4 is 5.97 Å². The molecule has 1 aromatic rings. The zero-order valence-corrected chi connectivity index (χ0v) is 11.8. The lowest BCUT2D eigenvalue weighted by atomic mass is 10.1. The third-order valence-corrected chi connectivity index (χ3v) is 3.83. The molecular weight excluding hydrogens is 242 g/mol. The number of hydrogen-bond donors (Lipinski definition) is 1. The quantitative estimate of drug-likeness (QED) is 0.888. The van der Waals surface area contributed by atoms with Crippen LogP contribution in [0.3, 0.4) is 0 Å². The smallest absolute Gasteiger partial charge is 0.356 e. The highest BCUT2D eigenvalue weighted by Crippen LogP contribution is 2.30. The number of carboxylic acids is 1. The number of fused-ring (bicyclic) bond motifs is 1. The molecule has 0 aromatic carbocycles. The van der Waals surface area contributed by atoms with Crippen LogP contribution in [0.2, 0.25) is 0 Å². The SMILES string of the molecule is CCCN(CC)C1CCCCn2nc(C(=O)O)cc21. The molecule has 5 heteroatoms. The van der Waals surface area contributed by atoms with E-state index in [-0.39, 0.29) is 5.69 Å². The third-order valence-electron chi connectivity index (χ3n) is 3.83. The van der Waals surface area contributed by atoms with Crippen molar-refractivity contribution in [3.8, 4) is 0 Å². The molecule has 1 aliphatic rings. The Bertz CT molecular complexity index is 442. The summed E-state index contributed by atoms with van der Waals surface area (Å²) in [6.45, 7) is 7.22. The highest BCUT2D eigenvalue weighted by molar-refractivity contribution is 5.85. The summed E-state index contributed by atoms with van der Waals surface area (Å²) in [7, 11) is 0. The minimum atomic E-state index is -0.933. The summed E-state index contributed by atoms with van der Waals surface area (Å²) < 4.78 is 1.90. The molecular formula is C14H23N3O2. The van der Waals surface area contributed by atoms with Gasteiger partial charge in [-0.15, -0.1) is 0 Å². The Morgan fingerprint density at radius 3 is 2.95 bits per heavy atom. The molecule has 106 valence electrons. The summed E-state index contributed by atoms with van der Waals surface area (Å²) in [4.78, 5) is 13.5. The first-order valence-electron chi connectivity index (χ1n) is 7.22. The predicted molar refractivity (Wildman–Crippen MR) is 73.3 cm³/mol. The molecule has 1 atom stereocenters. The van der Waals surface area contributed by atoms with Gasteiger partial charge in [0, 0.05) is 6.54 Å². The van der Waals surface area contributed by atoms with Gasteiger partial charge in [-0.05, 0) is 44.8 Å². The molecule has 0 saturated heterocycles. The molecule has 2 rings (SSSR count). The van der Waals surface area contributed by atoms with Crippen molar-refractivity contribution in [2.24, 2.45) is 0 Å². The maximum Gasteiger partial charge on any atom is 0.356 e. The molecule has 1 aromatic heterocycles. The van der Waals surface area contributed by atoms with Gasteiger partial charge in [0.25, 0.3) is 0 Å². The van der Waals surface area contributed by atoms with E-state index < -0.39 is 5.97 Å². The standard InChI is InChI=1S/C14H23N3O2/c1-3-8-16(4-2)12-7-5-6-9-17-13(12)10-11(15-17)14(18)19/h10,12H,3-9H2,1-2H3,(H,18,19). The summed E-state index contributed by atoms with van der Waals surface area (Å²) >= 11 is 0. The van der Waals surface area contributed by atoms with Crippen LogP contribution in [0, 0.1) is 0 Å². The number of aromatic nitrogens is 2. The molecule has 19 heavy (non-hydrogen) atoms. The summed E-state index contributed by atoms with van der Waals surface area (Å²) in [6.07, 6.45) is 4.47. The zero-order valence-electron chi connectivity index (χ0n) is 11.8. The monoisotopic (exact) mass is 265 g/mol. The second kappa shape index (κ2) is 6.19. The topological polar surface area (TPSA) is 58.4 Å². The molecule has 0 fully saturated rings. The van der Waals surface area contributed by atoms with Gasteiger partial charge >= 0.3 is 5.97 Å². The molecule has 0 saturated carbocycles. The Hall–Kier alpha value is -1.36. The number of aryl methyl sites for hydroxylation is 1. The number of hydrogen-bond acceptors (Lipinski definition) is 3. The van der Waals surface area contributed by atoms with Gasteiger partial charge in [-0.25, -0.2) is 4.79 Å². The van der Waals surface area contributed by atoms with E-state index in [9.17, 15) is 4.79 Å². The fraction of sp³-hybridized carbons (Fsp3) is 0.714. The molecule has 0 radical (unpaired) electrons. The average Bonchev–Trinajstić information content (AvgIpc) is 2.72. The van der Waals surface area contributed by atoms with E-state index in [4.69, 9.17) is 5.11 Å². The lowest BCUT2D eigenvalue weighted by Gasteiger charge is -2.29. The van der Waals surface area contributed by atoms with Gasteiger partial charge in [-0.3, -0.25) is 9.58 Å². The lowest BCUT2D eigenvalue weighted by Crippen LogP contribution is -2.30. The fourth-order valence-corrected chi connectivity index (χ4v) is 2.92. The molecule has 1 unspecified atom stereocenters. The van der Waals surface area contributed by atoms with E-state index in [0.29, 0.717) is 6.04 Å². The van der Waals surface area contributed by atoms with Crippen molar-refractivity contribution in [3.63, 3.8) is 0 Å². The van der Waals surface area contributed by atoms with E-state index in [1.165, 1.54) is 6.42 Å².